The zero-order valence-electron chi connectivity index (χ0n) is 12.1. The highest BCUT2D eigenvalue weighted by atomic mass is 35.5. The summed E-state index contributed by atoms with van der Waals surface area (Å²) in [7, 11) is -3.53. The number of aryl methyl sites for hydroxylation is 1. The lowest BCUT2D eigenvalue weighted by Crippen LogP contribution is -2.25. The van der Waals surface area contributed by atoms with Crippen LogP contribution in [0.15, 0.2) is 35.4 Å². The van der Waals surface area contributed by atoms with Gasteiger partial charge in [0.05, 0.1) is 10.4 Å². The van der Waals surface area contributed by atoms with Gasteiger partial charge in [-0.25, -0.2) is 13.1 Å². The smallest absolute Gasteiger partial charge is 0.241 e. The van der Waals surface area contributed by atoms with Crippen LogP contribution in [0.3, 0.4) is 0 Å². The zero-order chi connectivity index (χ0) is 15.5. The maximum atomic E-state index is 12.4. The Kier molecular flexibility index (Phi) is 5.19. The van der Waals surface area contributed by atoms with E-state index in [1.54, 1.807) is 30.5 Å². The van der Waals surface area contributed by atoms with Gasteiger partial charge in [0.1, 0.15) is 0 Å². The second-order valence-corrected chi connectivity index (χ2v) is 7.58. The fourth-order valence-corrected chi connectivity index (χ4v) is 3.61. The zero-order valence-corrected chi connectivity index (χ0v) is 13.7. The number of nitrogens with zero attached hydrogens (tertiary/aromatic N) is 1. The van der Waals surface area contributed by atoms with Gasteiger partial charge >= 0.3 is 0 Å². The lowest BCUT2D eigenvalue weighted by molar-refractivity contribution is 0.577. The van der Waals surface area contributed by atoms with Crippen molar-refractivity contribution in [3.63, 3.8) is 0 Å². The molecule has 0 amide bonds. The molecule has 1 aromatic heterocycles. The Hall–Kier alpha value is -1.17. The molecule has 0 aliphatic rings. The number of aromatic nitrogens is 1. The Bertz CT molecular complexity index is 730. The first-order valence-corrected chi connectivity index (χ1v) is 8.82. The minimum Gasteiger partial charge on any atom is -0.256 e. The van der Waals surface area contributed by atoms with Crippen LogP contribution >= 0.6 is 11.6 Å². The number of hydrogen-bond donors (Lipinski definition) is 1. The number of pyridine rings is 1. The molecule has 0 bridgehead atoms. The van der Waals surface area contributed by atoms with Crippen molar-refractivity contribution in [3.8, 4) is 0 Å². The number of rotatable bonds is 6. The van der Waals surface area contributed by atoms with E-state index >= 15 is 0 Å². The van der Waals surface area contributed by atoms with E-state index in [9.17, 15) is 8.42 Å². The summed E-state index contributed by atoms with van der Waals surface area (Å²) in [5, 5.41) is 0.703. The van der Waals surface area contributed by atoms with E-state index in [-0.39, 0.29) is 10.3 Å². The molecule has 21 heavy (non-hydrogen) atoms. The summed E-state index contributed by atoms with van der Waals surface area (Å²) in [6.07, 6.45) is 3.16. The van der Waals surface area contributed by atoms with Gasteiger partial charge < -0.3 is 0 Å². The van der Waals surface area contributed by atoms with Gasteiger partial charge in [-0.1, -0.05) is 6.07 Å². The van der Waals surface area contributed by atoms with Crippen LogP contribution < -0.4 is 4.72 Å². The van der Waals surface area contributed by atoms with Crippen molar-refractivity contribution in [1.29, 1.82) is 0 Å². The predicted molar refractivity (Wildman–Crippen MR) is 86.2 cm³/mol. The quantitative estimate of drug-likeness (QED) is 0.655. The first-order chi connectivity index (χ1) is 9.92. The summed E-state index contributed by atoms with van der Waals surface area (Å²) in [4.78, 5) is 4.54. The van der Waals surface area contributed by atoms with Gasteiger partial charge in [0, 0.05) is 23.5 Å². The van der Waals surface area contributed by atoms with Crippen molar-refractivity contribution < 1.29 is 8.42 Å². The molecular formula is C15H19ClN2O2S. The maximum Gasteiger partial charge on any atom is 0.241 e. The van der Waals surface area contributed by atoms with E-state index in [1.807, 2.05) is 13.8 Å². The monoisotopic (exact) mass is 326 g/mol. The van der Waals surface area contributed by atoms with E-state index < -0.39 is 10.0 Å². The van der Waals surface area contributed by atoms with Crippen molar-refractivity contribution in [3.05, 3.63) is 36.0 Å². The molecule has 2 aromatic rings. The molecule has 6 heteroatoms. The molecule has 1 N–H and O–H groups in total. The van der Waals surface area contributed by atoms with E-state index in [1.165, 1.54) is 0 Å². The molecule has 0 saturated carbocycles. The number of nitrogens with one attached hydrogen (secondary N) is 1. The van der Waals surface area contributed by atoms with Crippen molar-refractivity contribution in [2.24, 2.45) is 0 Å². The van der Waals surface area contributed by atoms with Crippen LogP contribution in [0.4, 0.5) is 0 Å². The largest absolute Gasteiger partial charge is 0.256 e. The highest BCUT2D eigenvalue weighted by Crippen LogP contribution is 2.24. The molecule has 0 aliphatic heterocycles. The summed E-state index contributed by atoms with van der Waals surface area (Å²) in [5.41, 5.74) is 1.68. The molecule has 1 atom stereocenters. The molecule has 4 nitrogen and oxygen atoms in total. The van der Waals surface area contributed by atoms with Gasteiger partial charge in [0.2, 0.25) is 10.0 Å². The molecule has 1 aromatic carbocycles. The Labute approximate surface area is 130 Å². The topological polar surface area (TPSA) is 59.1 Å². The van der Waals surface area contributed by atoms with E-state index in [0.29, 0.717) is 18.4 Å². The lowest BCUT2D eigenvalue weighted by Gasteiger charge is -2.11. The average molecular weight is 327 g/mol. The van der Waals surface area contributed by atoms with Gasteiger partial charge in [-0.15, -0.1) is 11.6 Å². The summed E-state index contributed by atoms with van der Waals surface area (Å²) in [6, 6.07) is 6.94. The second kappa shape index (κ2) is 6.73. The highest BCUT2D eigenvalue weighted by Gasteiger charge is 2.17. The third-order valence-electron chi connectivity index (χ3n) is 3.29. The molecule has 0 spiro atoms. The number of sulfonamides is 1. The number of fused-ring (bicyclic) bond motifs is 1. The van der Waals surface area contributed by atoms with Crippen molar-refractivity contribution in [2.45, 2.75) is 37.0 Å². The number of hydrogen-bond acceptors (Lipinski definition) is 3. The molecule has 114 valence electrons. The molecular weight excluding hydrogens is 308 g/mol. The highest BCUT2D eigenvalue weighted by molar-refractivity contribution is 7.89. The molecule has 0 aliphatic carbocycles. The van der Waals surface area contributed by atoms with Crippen molar-refractivity contribution in [2.75, 3.05) is 6.54 Å². The summed E-state index contributed by atoms with van der Waals surface area (Å²) in [6.45, 7) is 4.20. The number of alkyl halides is 1. The van der Waals surface area contributed by atoms with Crippen LogP contribution in [-0.2, 0) is 10.0 Å². The standard InChI is InChI=1S/C15H19ClN2O2S/c1-11-7-8-14(13-6-4-9-17-15(11)13)21(19,20)18-10-3-5-12(2)16/h4,6-9,12,18H,3,5,10H2,1-2H3. The predicted octanol–water partition coefficient (Wildman–Crippen LogP) is 3.23. The molecule has 1 unspecified atom stereocenters. The van der Waals surface area contributed by atoms with Crippen molar-refractivity contribution in [1.82, 2.24) is 9.71 Å². The van der Waals surface area contributed by atoms with Crippen LogP contribution in [0.2, 0.25) is 0 Å². The Morgan fingerprint density at radius 2 is 2.10 bits per heavy atom. The Balaban J connectivity index is 2.26. The lowest BCUT2D eigenvalue weighted by atomic mass is 10.1. The Morgan fingerprint density at radius 1 is 1.33 bits per heavy atom. The molecule has 0 fully saturated rings. The molecule has 1 heterocycles. The first kappa shape index (κ1) is 16.2. The molecule has 0 saturated heterocycles. The fraction of sp³-hybridized carbons (Fsp3) is 0.400. The minimum absolute atomic E-state index is 0.0545. The first-order valence-electron chi connectivity index (χ1n) is 6.90. The summed E-state index contributed by atoms with van der Waals surface area (Å²) >= 11 is 5.85. The van der Waals surface area contributed by atoms with Gasteiger partial charge in [-0.3, -0.25) is 4.98 Å². The van der Waals surface area contributed by atoms with Gasteiger partial charge in [-0.05, 0) is 50.5 Å². The van der Waals surface area contributed by atoms with Crippen LogP contribution in [0.25, 0.3) is 10.9 Å². The number of benzene rings is 1. The molecule has 0 radical (unpaired) electrons. The van der Waals surface area contributed by atoms with Gasteiger partial charge in [0.25, 0.3) is 0 Å². The van der Waals surface area contributed by atoms with Crippen LogP contribution in [0, 0.1) is 6.92 Å². The fourth-order valence-electron chi connectivity index (χ4n) is 2.19. The van der Waals surface area contributed by atoms with E-state index in [4.69, 9.17) is 11.6 Å². The van der Waals surface area contributed by atoms with Gasteiger partial charge in [0.15, 0.2) is 0 Å². The second-order valence-electron chi connectivity index (χ2n) is 5.10. The van der Waals surface area contributed by atoms with Crippen LogP contribution in [-0.4, -0.2) is 25.3 Å². The normalized spacial score (nSPS) is 13.5. The van der Waals surface area contributed by atoms with E-state index in [0.717, 1.165) is 17.5 Å². The summed E-state index contributed by atoms with van der Waals surface area (Å²) in [5.74, 6) is 0. The van der Waals surface area contributed by atoms with Crippen LogP contribution in [0.1, 0.15) is 25.3 Å². The van der Waals surface area contributed by atoms with E-state index in [2.05, 4.69) is 9.71 Å². The number of halogens is 1. The average Bonchev–Trinajstić information content (AvgIpc) is 2.44. The SMILES string of the molecule is Cc1ccc(S(=O)(=O)NCCCC(C)Cl)c2cccnc12. The third kappa shape index (κ3) is 3.93. The third-order valence-corrected chi connectivity index (χ3v) is 5.03. The minimum atomic E-state index is -3.53. The van der Waals surface area contributed by atoms with Gasteiger partial charge in [-0.2, -0.15) is 0 Å². The summed E-state index contributed by atoms with van der Waals surface area (Å²) < 4.78 is 27.5. The molecule has 2 rings (SSSR count). The maximum absolute atomic E-state index is 12.4. The Morgan fingerprint density at radius 3 is 2.81 bits per heavy atom. The van der Waals surface area contributed by atoms with Crippen LogP contribution in [0.5, 0.6) is 0 Å². The van der Waals surface area contributed by atoms with Crippen molar-refractivity contribution >= 4 is 32.5 Å².